The van der Waals surface area contributed by atoms with Crippen molar-refractivity contribution in [2.24, 2.45) is 5.92 Å². The molecule has 1 N–H and O–H groups in total. The van der Waals surface area contributed by atoms with E-state index >= 15 is 0 Å². The first-order chi connectivity index (χ1) is 12.5. The van der Waals surface area contributed by atoms with Gasteiger partial charge >= 0.3 is 0 Å². The van der Waals surface area contributed by atoms with E-state index in [-0.39, 0.29) is 11.9 Å². The van der Waals surface area contributed by atoms with Gasteiger partial charge in [-0.3, -0.25) is 14.5 Å². The molecule has 0 saturated heterocycles. The van der Waals surface area contributed by atoms with Crippen LogP contribution in [0.3, 0.4) is 0 Å². The Balaban J connectivity index is 1.52. The van der Waals surface area contributed by atoms with Gasteiger partial charge in [-0.25, -0.2) is 0 Å². The van der Waals surface area contributed by atoms with Gasteiger partial charge < -0.3 is 5.32 Å². The maximum absolute atomic E-state index is 12.5. The summed E-state index contributed by atoms with van der Waals surface area (Å²) in [4.78, 5) is 16.7. The Kier molecular flexibility index (Phi) is 5.97. The van der Waals surface area contributed by atoms with Crippen LogP contribution in [0.5, 0.6) is 0 Å². The quantitative estimate of drug-likeness (QED) is 0.857. The summed E-state index contributed by atoms with van der Waals surface area (Å²) < 4.78 is 2.10. The van der Waals surface area contributed by atoms with Crippen molar-refractivity contribution in [1.82, 2.24) is 20.1 Å². The number of hydrogen-bond acceptors (Lipinski definition) is 3. The predicted octanol–water partition coefficient (Wildman–Crippen LogP) is 4.10. The van der Waals surface area contributed by atoms with Crippen molar-refractivity contribution >= 4 is 17.5 Å². The van der Waals surface area contributed by atoms with Crippen molar-refractivity contribution in [3.8, 4) is 0 Å². The van der Waals surface area contributed by atoms with E-state index in [4.69, 9.17) is 11.6 Å². The highest BCUT2D eigenvalue weighted by Gasteiger charge is 2.24. The summed E-state index contributed by atoms with van der Waals surface area (Å²) in [6, 6.07) is 1.92. The zero-order chi connectivity index (χ0) is 18.7. The molecule has 0 aromatic carbocycles. The molecule has 3 rings (SSSR count). The number of amides is 1. The van der Waals surface area contributed by atoms with Gasteiger partial charge in [-0.2, -0.15) is 5.10 Å². The number of nitrogens with one attached hydrogen (secondary N) is 1. The maximum Gasteiger partial charge on any atom is 0.253 e. The SMILES string of the molecule is CCc1nn(CC2CCC(NC(=O)c3cc(Cl)cnc3C)CC2)cc1C. The summed E-state index contributed by atoms with van der Waals surface area (Å²) in [5.74, 6) is 0.554. The summed E-state index contributed by atoms with van der Waals surface area (Å²) in [5, 5.41) is 8.32. The molecule has 26 heavy (non-hydrogen) atoms. The normalized spacial score (nSPS) is 20.2. The molecule has 0 bridgehead atoms. The average molecular weight is 375 g/mol. The van der Waals surface area contributed by atoms with Gasteiger partial charge in [0, 0.05) is 25.0 Å². The van der Waals surface area contributed by atoms with Crippen molar-refractivity contribution in [3.63, 3.8) is 0 Å². The van der Waals surface area contributed by atoms with Gasteiger partial charge in [0.15, 0.2) is 0 Å². The third-order valence-corrected chi connectivity index (χ3v) is 5.51. The topological polar surface area (TPSA) is 59.8 Å². The lowest BCUT2D eigenvalue weighted by Gasteiger charge is -2.29. The molecule has 0 spiro atoms. The van der Waals surface area contributed by atoms with Crippen LogP contribution >= 0.6 is 11.6 Å². The molecule has 2 aromatic heterocycles. The maximum atomic E-state index is 12.5. The molecule has 1 aliphatic rings. The number of carbonyl (C=O) groups excluding carboxylic acids is 1. The van der Waals surface area contributed by atoms with Gasteiger partial charge in [-0.15, -0.1) is 0 Å². The highest BCUT2D eigenvalue weighted by molar-refractivity contribution is 6.30. The molecule has 2 heterocycles. The molecule has 5 nitrogen and oxygen atoms in total. The molecular formula is C20H27ClN4O. The second-order valence-electron chi connectivity index (χ2n) is 7.31. The Morgan fingerprint density at radius 1 is 1.31 bits per heavy atom. The number of aromatic nitrogens is 3. The smallest absolute Gasteiger partial charge is 0.253 e. The zero-order valence-corrected chi connectivity index (χ0v) is 16.5. The molecule has 1 fully saturated rings. The summed E-state index contributed by atoms with van der Waals surface area (Å²) >= 11 is 5.97. The number of halogens is 1. The highest BCUT2D eigenvalue weighted by Crippen LogP contribution is 2.26. The first-order valence-corrected chi connectivity index (χ1v) is 9.80. The standard InChI is InChI=1S/C20H27ClN4O/c1-4-19-13(2)11-25(24-19)12-15-5-7-17(8-6-15)23-20(26)18-9-16(21)10-22-14(18)3/h9-11,15,17H,4-8,12H2,1-3H3,(H,23,26). The van der Waals surface area contributed by atoms with Gasteiger partial charge in [-0.1, -0.05) is 18.5 Å². The number of rotatable bonds is 5. The van der Waals surface area contributed by atoms with E-state index in [0.717, 1.165) is 38.6 Å². The third kappa shape index (κ3) is 4.44. The van der Waals surface area contributed by atoms with Gasteiger partial charge in [0.2, 0.25) is 0 Å². The second kappa shape index (κ2) is 8.21. The van der Waals surface area contributed by atoms with Crippen molar-refractivity contribution in [1.29, 1.82) is 0 Å². The minimum atomic E-state index is -0.0729. The van der Waals surface area contributed by atoms with E-state index in [0.29, 0.717) is 22.2 Å². The third-order valence-electron chi connectivity index (χ3n) is 5.31. The molecule has 2 aromatic rings. The minimum Gasteiger partial charge on any atom is -0.349 e. The highest BCUT2D eigenvalue weighted by atomic mass is 35.5. The Labute approximate surface area is 160 Å². The van der Waals surface area contributed by atoms with E-state index in [9.17, 15) is 4.79 Å². The molecule has 0 atom stereocenters. The minimum absolute atomic E-state index is 0.0729. The number of carbonyl (C=O) groups is 1. The van der Waals surface area contributed by atoms with Crippen LogP contribution in [-0.2, 0) is 13.0 Å². The summed E-state index contributed by atoms with van der Waals surface area (Å²) in [5.41, 5.74) is 3.75. The summed E-state index contributed by atoms with van der Waals surface area (Å²) in [6.07, 6.45) is 8.93. The van der Waals surface area contributed by atoms with E-state index in [1.807, 2.05) is 6.92 Å². The molecule has 1 aliphatic carbocycles. The van der Waals surface area contributed by atoms with Crippen LogP contribution in [0.4, 0.5) is 0 Å². The fourth-order valence-corrected chi connectivity index (χ4v) is 3.92. The lowest BCUT2D eigenvalue weighted by molar-refractivity contribution is 0.0919. The number of nitrogens with zero attached hydrogens (tertiary/aromatic N) is 3. The van der Waals surface area contributed by atoms with Crippen LogP contribution in [0, 0.1) is 19.8 Å². The van der Waals surface area contributed by atoms with Crippen molar-refractivity contribution in [2.45, 2.75) is 65.5 Å². The van der Waals surface area contributed by atoms with Crippen LogP contribution in [0.2, 0.25) is 5.02 Å². The molecule has 6 heteroatoms. The molecule has 1 saturated carbocycles. The first-order valence-electron chi connectivity index (χ1n) is 9.42. The van der Waals surface area contributed by atoms with Crippen LogP contribution < -0.4 is 5.32 Å². The first kappa shape index (κ1) is 18.9. The molecule has 0 radical (unpaired) electrons. The Bertz CT molecular complexity index is 778. The van der Waals surface area contributed by atoms with Gasteiger partial charge in [0.05, 0.1) is 22.0 Å². The fraction of sp³-hybridized carbons (Fsp3) is 0.550. The second-order valence-corrected chi connectivity index (χ2v) is 7.75. The number of hydrogen-bond donors (Lipinski definition) is 1. The van der Waals surface area contributed by atoms with E-state index in [1.165, 1.54) is 11.3 Å². The summed E-state index contributed by atoms with van der Waals surface area (Å²) in [7, 11) is 0. The van der Waals surface area contributed by atoms with Crippen LogP contribution in [-0.4, -0.2) is 26.7 Å². The van der Waals surface area contributed by atoms with Crippen LogP contribution in [0.25, 0.3) is 0 Å². The predicted molar refractivity (Wildman–Crippen MR) is 104 cm³/mol. The monoisotopic (exact) mass is 374 g/mol. The van der Waals surface area contributed by atoms with Crippen LogP contribution in [0.1, 0.15) is 59.9 Å². The largest absolute Gasteiger partial charge is 0.349 e. The van der Waals surface area contributed by atoms with Crippen molar-refractivity contribution in [2.75, 3.05) is 0 Å². The van der Waals surface area contributed by atoms with Crippen molar-refractivity contribution < 1.29 is 4.79 Å². The number of aryl methyl sites for hydroxylation is 3. The molecule has 1 amide bonds. The summed E-state index contributed by atoms with van der Waals surface area (Å²) in [6.45, 7) is 7.07. The lowest BCUT2D eigenvalue weighted by atomic mass is 9.86. The Morgan fingerprint density at radius 2 is 2.04 bits per heavy atom. The van der Waals surface area contributed by atoms with E-state index < -0.39 is 0 Å². The van der Waals surface area contributed by atoms with E-state index in [1.54, 1.807) is 12.3 Å². The Hall–Kier alpha value is -1.88. The fourth-order valence-electron chi connectivity index (χ4n) is 3.76. The van der Waals surface area contributed by atoms with Gasteiger partial charge in [0.1, 0.15) is 0 Å². The molecule has 0 unspecified atom stereocenters. The molecular weight excluding hydrogens is 348 g/mol. The molecule has 140 valence electrons. The zero-order valence-electron chi connectivity index (χ0n) is 15.8. The average Bonchev–Trinajstić information content (AvgIpc) is 2.98. The van der Waals surface area contributed by atoms with Crippen molar-refractivity contribution in [3.05, 3.63) is 46.0 Å². The van der Waals surface area contributed by atoms with Crippen LogP contribution in [0.15, 0.2) is 18.5 Å². The molecule has 0 aliphatic heterocycles. The Morgan fingerprint density at radius 3 is 2.69 bits per heavy atom. The van der Waals surface area contributed by atoms with E-state index in [2.05, 4.69) is 40.1 Å². The van der Waals surface area contributed by atoms with Gasteiger partial charge in [0.25, 0.3) is 5.91 Å². The number of pyridine rings is 1. The lowest BCUT2D eigenvalue weighted by Crippen LogP contribution is -2.38. The van der Waals surface area contributed by atoms with Gasteiger partial charge in [-0.05, 0) is 63.5 Å².